The van der Waals surface area contributed by atoms with Crippen LogP contribution in [0.3, 0.4) is 0 Å². The highest BCUT2D eigenvalue weighted by atomic mass is 16.5. The summed E-state index contributed by atoms with van der Waals surface area (Å²) in [6.07, 6.45) is 4.55. The topological polar surface area (TPSA) is 39.9 Å². The predicted molar refractivity (Wildman–Crippen MR) is 72.1 cm³/mol. The molecule has 0 saturated carbocycles. The van der Waals surface area contributed by atoms with E-state index >= 15 is 0 Å². The highest BCUT2D eigenvalue weighted by Gasteiger charge is 2.16. The second kappa shape index (κ2) is 3.82. The molecule has 0 atom stereocenters. The summed E-state index contributed by atoms with van der Waals surface area (Å²) >= 11 is 0. The first-order chi connectivity index (χ1) is 9.31. The molecule has 0 saturated heterocycles. The van der Waals surface area contributed by atoms with Gasteiger partial charge in [-0.2, -0.15) is 5.10 Å². The van der Waals surface area contributed by atoms with E-state index in [0.29, 0.717) is 6.61 Å². The van der Waals surface area contributed by atoms with Crippen LogP contribution in [0.15, 0.2) is 36.7 Å². The van der Waals surface area contributed by atoms with Gasteiger partial charge in [0.25, 0.3) is 0 Å². The van der Waals surface area contributed by atoms with Crippen LogP contribution in [0.4, 0.5) is 0 Å². The Labute approximate surface area is 110 Å². The number of fused-ring (bicyclic) bond motifs is 3. The van der Waals surface area contributed by atoms with Gasteiger partial charge in [0.1, 0.15) is 6.61 Å². The average molecular weight is 251 g/mol. The van der Waals surface area contributed by atoms with Gasteiger partial charge in [0.15, 0.2) is 0 Å². The Morgan fingerprint density at radius 2 is 2.16 bits per heavy atom. The molecule has 4 rings (SSSR count). The summed E-state index contributed by atoms with van der Waals surface area (Å²) < 4.78 is 7.69. The van der Waals surface area contributed by atoms with Crippen molar-refractivity contribution in [3.05, 3.63) is 53.3 Å². The van der Waals surface area contributed by atoms with Crippen LogP contribution in [0.5, 0.6) is 5.88 Å². The second-order valence-electron chi connectivity index (χ2n) is 4.88. The Hall–Kier alpha value is -2.36. The number of aryl methyl sites for hydroxylation is 1. The molecule has 0 amide bonds. The van der Waals surface area contributed by atoms with Gasteiger partial charge in [0, 0.05) is 30.6 Å². The summed E-state index contributed by atoms with van der Waals surface area (Å²) in [5, 5.41) is 5.47. The highest BCUT2D eigenvalue weighted by molar-refractivity contribution is 5.80. The first-order valence-corrected chi connectivity index (χ1v) is 6.31. The lowest BCUT2D eigenvalue weighted by Gasteiger charge is -2.06. The van der Waals surface area contributed by atoms with Crippen molar-refractivity contribution in [3.8, 4) is 5.88 Å². The maximum atomic E-state index is 5.80. The summed E-state index contributed by atoms with van der Waals surface area (Å²) in [6.45, 7) is 0.570. The van der Waals surface area contributed by atoms with E-state index in [1.165, 1.54) is 16.5 Å². The van der Waals surface area contributed by atoms with Crippen LogP contribution in [0.25, 0.3) is 10.9 Å². The minimum atomic E-state index is 0.570. The fourth-order valence-electron chi connectivity index (χ4n) is 2.63. The molecular weight excluding hydrogens is 238 g/mol. The molecule has 0 unspecified atom stereocenters. The molecule has 0 N–H and O–H groups in total. The molecule has 0 spiro atoms. The standard InChI is InChI=1S/C15H13N3O/c1-18-14-7-13-9-19-15-10(3-2-4-16-15)5-11(13)6-12(14)8-17-18/h2-4,6-8H,5,9H2,1H3. The summed E-state index contributed by atoms with van der Waals surface area (Å²) in [7, 11) is 1.96. The summed E-state index contributed by atoms with van der Waals surface area (Å²) in [5.74, 6) is 0.751. The lowest BCUT2D eigenvalue weighted by Crippen LogP contribution is -1.98. The zero-order valence-corrected chi connectivity index (χ0v) is 10.6. The lowest BCUT2D eigenvalue weighted by molar-refractivity contribution is 0.294. The zero-order chi connectivity index (χ0) is 12.8. The molecular formula is C15H13N3O. The number of benzene rings is 1. The number of ether oxygens (including phenoxy) is 1. The van der Waals surface area contributed by atoms with Crippen LogP contribution >= 0.6 is 0 Å². The van der Waals surface area contributed by atoms with E-state index in [1.807, 2.05) is 24.0 Å². The Balaban J connectivity index is 1.91. The van der Waals surface area contributed by atoms with Crippen molar-refractivity contribution in [2.45, 2.75) is 13.0 Å². The van der Waals surface area contributed by atoms with Crippen molar-refractivity contribution in [1.82, 2.24) is 14.8 Å². The molecule has 1 aromatic carbocycles. The van der Waals surface area contributed by atoms with E-state index < -0.39 is 0 Å². The first kappa shape index (κ1) is 10.6. The number of aromatic nitrogens is 3. The van der Waals surface area contributed by atoms with Crippen LogP contribution in [0.1, 0.15) is 16.7 Å². The largest absolute Gasteiger partial charge is 0.473 e. The Morgan fingerprint density at radius 1 is 1.21 bits per heavy atom. The molecule has 0 aliphatic carbocycles. The molecule has 19 heavy (non-hydrogen) atoms. The molecule has 0 radical (unpaired) electrons. The van der Waals surface area contributed by atoms with Crippen molar-refractivity contribution in [1.29, 1.82) is 0 Å². The Morgan fingerprint density at radius 3 is 3.11 bits per heavy atom. The van der Waals surface area contributed by atoms with Crippen molar-refractivity contribution in [2.24, 2.45) is 7.05 Å². The van der Waals surface area contributed by atoms with Crippen LogP contribution in [0, 0.1) is 0 Å². The molecule has 4 heteroatoms. The Kier molecular flexibility index (Phi) is 2.12. The van der Waals surface area contributed by atoms with Crippen molar-refractivity contribution >= 4 is 10.9 Å². The van der Waals surface area contributed by atoms with E-state index in [9.17, 15) is 0 Å². The van der Waals surface area contributed by atoms with E-state index in [0.717, 1.165) is 23.4 Å². The van der Waals surface area contributed by atoms with Gasteiger partial charge in [-0.1, -0.05) is 6.07 Å². The second-order valence-corrected chi connectivity index (χ2v) is 4.88. The summed E-state index contributed by atoms with van der Waals surface area (Å²) in [4.78, 5) is 4.30. The quantitative estimate of drug-likeness (QED) is 0.616. The predicted octanol–water partition coefficient (Wildman–Crippen LogP) is 2.45. The monoisotopic (exact) mass is 251 g/mol. The summed E-state index contributed by atoms with van der Waals surface area (Å²) in [6, 6.07) is 8.41. The molecule has 3 heterocycles. The van der Waals surface area contributed by atoms with Crippen molar-refractivity contribution in [2.75, 3.05) is 0 Å². The third kappa shape index (κ3) is 1.60. The molecule has 1 aliphatic rings. The van der Waals surface area contributed by atoms with Gasteiger partial charge in [-0.3, -0.25) is 4.68 Å². The number of pyridine rings is 1. The first-order valence-electron chi connectivity index (χ1n) is 6.31. The van der Waals surface area contributed by atoms with Crippen LogP contribution in [0.2, 0.25) is 0 Å². The third-order valence-corrected chi connectivity index (χ3v) is 3.66. The minimum Gasteiger partial charge on any atom is -0.473 e. The molecule has 2 aromatic heterocycles. The lowest BCUT2D eigenvalue weighted by atomic mass is 10.00. The SMILES string of the molecule is Cn1ncc2cc3c(cc21)COc1ncccc1C3. The molecule has 3 aromatic rings. The number of nitrogens with zero attached hydrogens (tertiary/aromatic N) is 3. The average Bonchev–Trinajstić information content (AvgIpc) is 2.69. The smallest absolute Gasteiger partial charge is 0.217 e. The maximum Gasteiger partial charge on any atom is 0.217 e. The van der Waals surface area contributed by atoms with Crippen molar-refractivity contribution in [3.63, 3.8) is 0 Å². The van der Waals surface area contributed by atoms with E-state index in [4.69, 9.17) is 4.74 Å². The van der Waals surface area contributed by atoms with E-state index in [1.54, 1.807) is 6.20 Å². The van der Waals surface area contributed by atoms with Gasteiger partial charge in [0.2, 0.25) is 5.88 Å². The zero-order valence-electron chi connectivity index (χ0n) is 10.6. The Bertz CT molecular complexity index is 776. The molecule has 0 bridgehead atoms. The van der Waals surface area contributed by atoms with Gasteiger partial charge >= 0.3 is 0 Å². The molecule has 0 fully saturated rings. The van der Waals surface area contributed by atoms with Gasteiger partial charge in [0.05, 0.1) is 11.7 Å². The van der Waals surface area contributed by atoms with Crippen LogP contribution in [-0.2, 0) is 20.1 Å². The van der Waals surface area contributed by atoms with Gasteiger partial charge in [-0.05, 0) is 29.3 Å². The number of hydrogen-bond acceptors (Lipinski definition) is 3. The van der Waals surface area contributed by atoms with E-state index in [-0.39, 0.29) is 0 Å². The van der Waals surface area contributed by atoms with Crippen LogP contribution in [-0.4, -0.2) is 14.8 Å². The van der Waals surface area contributed by atoms with Gasteiger partial charge in [-0.25, -0.2) is 4.98 Å². The fraction of sp³-hybridized carbons (Fsp3) is 0.200. The summed E-state index contributed by atoms with van der Waals surface area (Å²) in [5.41, 5.74) is 4.80. The highest BCUT2D eigenvalue weighted by Crippen LogP contribution is 2.29. The normalized spacial score (nSPS) is 13.5. The van der Waals surface area contributed by atoms with Crippen LogP contribution < -0.4 is 4.74 Å². The number of hydrogen-bond donors (Lipinski definition) is 0. The van der Waals surface area contributed by atoms with Gasteiger partial charge in [-0.15, -0.1) is 0 Å². The van der Waals surface area contributed by atoms with Gasteiger partial charge < -0.3 is 4.74 Å². The maximum absolute atomic E-state index is 5.80. The number of rotatable bonds is 0. The molecule has 1 aliphatic heterocycles. The van der Waals surface area contributed by atoms with Crippen molar-refractivity contribution < 1.29 is 4.74 Å². The third-order valence-electron chi connectivity index (χ3n) is 3.66. The fourth-order valence-corrected chi connectivity index (χ4v) is 2.63. The van der Waals surface area contributed by atoms with E-state index in [2.05, 4.69) is 28.3 Å². The minimum absolute atomic E-state index is 0.570. The molecule has 94 valence electrons. The molecule has 4 nitrogen and oxygen atoms in total.